The molecule has 0 bridgehead atoms. The maximum atomic E-state index is 6.02. The number of thiophene rings is 1. The van der Waals surface area contributed by atoms with Crippen molar-refractivity contribution in [3.8, 4) is 0 Å². The average Bonchev–Trinajstić information content (AvgIpc) is 2.33. The second-order valence-electron chi connectivity index (χ2n) is 2.35. The van der Waals surface area contributed by atoms with Crippen molar-refractivity contribution in [1.82, 2.24) is 0 Å². The van der Waals surface area contributed by atoms with Gasteiger partial charge in [-0.05, 0) is 57.3 Å². The lowest BCUT2D eigenvalue weighted by Crippen LogP contribution is -1.75. The van der Waals surface area contributed by atoms with Crippen LogP contribution in [-0.4, -0.2) is 0 Å². The normalized spacial score (nSPS) is 10.9. The number of rotatable bonds is 0. The average molecular weight is 420 g/mol. The van der Waals surface area contributed by atoms with Crippen molar-refractivity contribution >= 4 is 78.2 Å². The zero-order valence-corrected chi connectivity index (χ0v) is 11.7. The number of fused-ring (bicyclic) bond motifs is 1. The van der Waals surface area contributed by atoms with Gasteiger partial charge in [-0.15, -0.1) is 11.3 Å². The molecule has 2 rings (SSSR count). The highest BCUT2D eigenvalue weighted by Gasteiger charge is 2.05. The topological polar surface area (TPSA) is 0 Å². The van der Waals surface area contributed by atoms with Crippen LogP contribution in [0.1, 0.15) is 0 Å². The summed E-state index contributed by atoms with van der Waals surface area (Å²) in [6, 6.07) is 4.28. The van der Waals surface area contributed by atoms with Gasteiger partial charge in [-0.1, -0.05) is 11.6 Å². The molecule has 0 fully saturated rings. The highest BCUT2D eigenvalue weighted by atomic mass is 127. The van der Waals surface area contributed by atoms with Gasteiger partial charge in [-0.2, -0.15) is 0 Å². The SMILES string of the molecule is Clc1csc2c(I)cc(I)cc12. The minimum atomic E-state index is 0.867. The van der Waals surface area contributed by atoms with Crippen molar-refractivity contribution in [2.24, 2.45) is 0 Å². The van der Waals surface area contributed by atoms with Gasteiger partial charge >= 0.3 is 0 Å². The molecule has 0 aliphatic heterocycles. The van der Waals surface area contributed by atoms with Gasteiger partial charge in [-0.3, -0.25) is 0 Å². The van der Waals surface area contributed by atoms with E-state index in [2.05, 4.69) is 57.3 Å². The smallest absolute Gasteiger partial charge is 0.0592 e. The number of halogens is 3. The molecule has 0 atom stereocenters. The standard InChI is InChI=1S/C8H3ClI2S/c9-6-3-12-8-5(6)1-4(10)2-7(8)11/h1-3H. The molecule has 0 spiro atoms. The van der Waals surface area contributed by atoms with Gasteiger partial charge in [0.25, 0.3) is 0 Å². The van der Waals surface area contributed by atoms with Crippen LogP contribution in [0.2, 0.25) is 5.02 Å². The molecular weight excluding hydrogens is 417 g/mol. The van der Waals surface area contributed by atoms with E-state index in [-0.39, 0.29) is 0 Å². The molecule has 1 heterocycles. The molecule has 0 nitrogen and oxygen atoms in total. The summed E-state index contributed by atoms with van der Waals surface area (Å²) in [4.78, 5) is 0. The van der Waals surface area contributed by atoms with E-state index in [9.17, 15) is 0 Å². The third-order valence-corrected chi connectivity index (χ3v) is 4.86. The molecule has 0 radical (unpaired) electrons. The Morgan fingerprint density at radius 3 is 2.75 bits per heavy atom. The fourth-order valence-corrected chi connectivity index (χ4v) is 4.41. The fourth-order valence-electron chi connectivity index (χ4n) is 1.03. The summed E-state index contributed by atoms with van der Waals surface area (Å²) < 4.78 is 3.82. The lowest BCUT2D eigenvalue weighted by Gasteiger charge is -1.95. The predicted molar refractivity (Wildman–Crippen MR) is 72.3 cm³/mol. The van der Waals surface area contributed by atoms with Crippen molar-refractivity contribution in [1.29, 1.82) is 0 Å². The summed E-state index contributed by atoms with van der Waals surface area (Å²) in [5.41, 5.74) is 0. The Kier molecular flexibility index (Phi) is 2.84. The van der Waals surface area contributed by atoms with Crippen LogP contribution >= 0.6 is 68.1 Å². The Bertz CT molecular complexity index is 436. The van der Waals surface area contributed by atoms with Gasteiger partial charge in [0, 0.05) is 22.6 Å². The first kappa shape index (κ1) is 9.48. The molecule has 2 aromatic rings. The monoisotopic (exact) mass is 420 g/mol. The third-order valence-electron chi connectivity index (χ3n) is 1.55. The summed E-state index contributed by atoms with van der Waals surface area (Å²) in [5.74, 6) is 0. The van der Waals surface area contributed by atoms with E-state index in [0.717, 1.165) is 5.02 Å². The molecule has 1 aromatic heterocycles. The molecule has 4 heteroatoms. The van der Waals surface area contributed by atoms with Crippen molar-refractivity contribution in [2.75, 3.05) is 0 Å². The Hall–Kier alpha value is 0.930. The second-order valence-corrected chi connectivity index (χ2v) is 6.04. The summed E-state index contributed by atoms with van der Waals surface area (Å²) in [7, 11) is 0. The molecule has 0 unspecified atom stereocenters. The maximum absolute atomic E-state index is 6.02. The molecular formula is C8H3ClI2S. The van der Waals surface area contributed by atoms with Crippen LogP contribution in [0.25, 0.3) is 10.1 Å². The van der Waals surface area contributed by atoms with Crippen LogP contribution in [0.3, 0.4) is 0 Å². The van der Waals surface area contributed by atoms with E-state index in [1.807, 2.05) is 5.38 Å². The second kappa shape index (κ2) is 3.59. The molecule has 0 saturated heterocycles. The quantitative estimate of drug-likeness (QED) is 0.539. The molecule has 0 aliphatic carbocycles. The van der Waals surface area contributed by atoms with E-state index in [1.54, 1.807) is 11.3 Å². The summed E-state index contributed by atoms with van der Waals surface area (Å²) >= 11 is 12.4. The lowest BCUT2D eigenvalue weighted by atomic mass is 10.3. The Morgan fingerprint density at radius 2 is 2.00 bits per heavy atom. The summed E-state index contributed by atoms with van der Waals surface area (Å²) in [5, 5.41) is 4.04. The van der Waals surface area contributed by atoms with Gasteiger partial charge in [0.2, 0.25) is 0 Å². The van der Waals surface area contributed by atoms with E-state index >= 15 is 0 Å². The lowest BCUT2D eigenvalue weighted by molar-refractivity contribution is 1.71. The van der Waals surface area contributed by atoms with Crippen LogP contribution in [0.5, 0.6) is 0 Å². The Morgan fingerprint density at radius 1 is 1.25 bits per heavy atom. The van der Waals surface area contributed by atoms with E-state index in [1.165, 1.54) is 17.2 Å². The maximum Gasteiger partial charge on any atom is 0.0592 e. The first-order chi connectivity index (χ1) is 5.68. The summed E-state index contributed by atoms with van der Waals surface area (Å²) in [6.07, 6.45) is 0. The molecule has 0 N–H and O–H groups in total. The van der Waals surface area contributed by atoms with Crippen LogP contribution in [0, 0.1) is 7.14 Å². The highest BCUT2D eigenvalue weighted by molar-refractivity contribution is 14.1. The van der Waals surface area contributed by atoms with Crippen LogP contribution in [0.4, 0.5) is 0 Å². The molecule has 62 valence electrons. The van der Waals surface area contributed by atoms with Crippen molar-refractivity contribution in [2.45, 2.75) is 0 Å². The number of hydrogen-bond acceptors (Lipinski definition) is 1. The van der Waals surface area contributed by atoms with Crippen molar-refractivity contribution in [3.05, 3.63) is 29.7 Å². The largest absolute Gasteiger partial charge is 0.141 e. The van der Waals surface area contributed by atoms with Gasteiger partial charge in [0.1, 0.15) is 0 Å². The van der Waals surface area contributed by atoms with Gasteiger partial charge in [0.15, 0.2) is 0 Å². The molecule has 1 aromatic carbocycles. The molecule has 0 saturated carbocycles. The predicted octanol–water partition coefficient (Wildman–Crippen LogP) is 4.76. The number of hydrogen-bond donors (Lipinski definition) is 0. The Labute approximate surface area is 107 Å². The van der Waals surface area contributed by atoms with Crippen molar-refractivity contribution < 1.29 is 0 Å². The zero-order chi connectivity index (χ0) is 8.72. The van der Waals surface area contributed by atoms with Crippen LogP contribution in [-0.2, 0) is 0 Å². The Balaban J connectivity index is 2.92. The minimum absolute atomic E-state index is 0.867. The molecule has 0 aliphatic rings. The third kappa shape index (κ3) is 1.60. The minimum Gasteiger partial charge on any atom is -0.141 e. The summed E-state index contributed by atoms with van der Waals surface area (Å²) in [6.45, 7) is 0. The van der Waals surface area contributed by atoms with Gasteiger partial charge in [0.05, 0.1) is 5.02 Å². The van der Waals surface area contributed by atoms with Crippen LogP contribution < -0.4 is 0 Å². The van der Waals surface area contributed by atoms with E-state index < -0.39 is 0 Å². The first-order valence-electron chi connectivity index (χ1n) is 3.20. The number of benzene rings is 1. The highest BCUT2D eigenvalue weighted by Crippen LogP contribution is 2.34. The van der Waals surface area contributed by atoms with Crippen LogP contribution in [0.15, 0.2) is 17.5 Å². The molecule has 12 heavy (non-hydrogen) atoms. The van der Waals surface area contributed by atoms with Crippen molar-refractivity contribution in [3.63, 3.8) is 0 Å². The fraction of sp³-hybridized carbons (Fsp3) is 0. The van der Waals surface area contributed by atoms with Gasteiger partial charge in [-0.25, -0.2) is 0 Å². The van der Waals surface area contributed by atoms with E-state index in [0.29, 0.717) is 0 Å². The van der Waals surface area contributed by atoms with E-state index in [4.69, 9.17) is 11.6 Å². The zero-order valence-electron chi connectivity index (χ0n) is 5.77. The molecule has 0 amide bonds. The first-order valence-corrected chi connectivity index (χ1v) is 6.62. The van der Waals surface area contributed by atoms with Gasteiger partial charge < -0.3 is 0 Å².